The van der Waals surface area contributed by atoms with Crippen molar-refractivity contribution in [2.45, 2.75) is 39.5 Å². The molecule has 0 atom stereocenters. The number of Topliss-reactive ketones (excluding diaryl/α,β-unsaturated/α-hetero) is 1. The summed E-state index contributed by atoms with van der Waals surface area (Å²) in [5.41, 5.74) is 2.32. The highest BCUT2D eigenvalue weighted by Gasteiger charge is 2.25. The molecule has 1 aromatic carbocycles. The summed E-state index contributed by atoms with van der Waals surface area (Å²) < 4.78 is 18.7. The van der Waals surface area contributed by atoms with E-state index in [1.54, 1.807) is 13.0 Å². The van der Waals surface area contributed by atoms with Crippen LogP contribution in [0.4, 0.5) is 15.8 Å². The number of ketones is 1. The van der Waals surface area contributed by atoms with E-state index in [1.165, 1.54) is 26.2 Å². The number of hydrogen-bond donors (Lipinski definition) is 2. The molecular formula is C22H26FN3O4. The number of rotatable bonds is 6. The molecule has 8 heteroatoms. The lowest BCUT2D eigenvalue weighted by Gasteiger charge is -2.30. The zero-order chi connectivity index (χ0) is 21.8. The first-order valence-electron chi connectivity index (χ1n) is 9.96. The van der Waals surface area contributed by atoms with E-state index in [0.29, 0.717) is 11.3 Å². The number of esters is 1. The van der Waals surface area contributed by atoms with Crippen molar-refractivity contribution in [3.63, 3.8) is 0 Å². The van der Waals surface area contributed by atoms with Crippen molar-refractivity contribution in [1.29, 1.82) is 0 Å². The van der Waals surface area contributed by atoms with Gasteiger partial charge in [-0.15, -0.1) is 0 Å². The third kappa shape index (κ3) is 4.53. The Morgan fingerprint density at radius 2 is 1.90 bits per heavy atom. The molecule has 30 heavy (non-hydrogen) atoms. The van der Waals surface area contributed by atoms with Crippen LogP contribution >= 0.6 is 0 Å². The predicted octanol–water partition coefficient (Wildman–Crippen LogP) is 3.62. The number of hydrogen-bond acceptors (Lipinski definition) is 5. The number of benzene rings is 1. The van der Waals surface area contributed by atoms with E-state index in [0.717, 1.165) is 38.0 Å². The van der Waals surface area contributed by atoms with E-state index >= 15 is 0 Å². The van der Waals surface area contributed by atoms with Crippen molar-refractivity contribution in [2.75, 3.05) is 30.4 Å². The second-order valence-electron chi connectivity index (χ2n) is 7.46. The summed E-state index contributed by atoms with van der Waals surface area (Å²) in [6.07, 6.45) is 3.06. The molecule has 7 nitrogen and oxygen atoms in total. The van der Waals surface area contributed by atoms with Gasteiger partial charge in [0.25, 0.3) is 0 Å². The minimum absolute atomic E-state index is 0.174. The van der Waals surface area contributed by atoms with Crippen molar-refractivity contribution in [3.05, 3.63) is 46.5 Å². The van der Waals surface area contributed by atoms with Crippen molar-refractivity contribution in [2.24, 2.45) is 0 Å². The van der Waals surface area contributed by atoms with Crippen LogP contribution in [0.1, 0.15) is 58.3 Å². The second kappa shape index (κ2) is 9.11. The Labute approximate surface area is 174 Å². The average molecular weight is 415 g/mol. The molecule has 0 aliphatic carbocycles. The van der Waals surface area contributed by atoms with Gasteiger partial charge in [-0.05, 0) is 49.9 Å². The molecule has 1 aromatic heterocycles. The van der Waals surface area contributed by atoms with Gasteiger partial charge in [-0.3, -0.25) is 9.59 Å². The molecule has 0 radical (unpaired) electrons. The molecule has 1 aliphatic heterocycles. The summed E-state index contributed by atoms with van der Waals surface area (Å²) >= 11 is 0. The Kier molecular flexibility index (Phi) is 6.54. The molecular weight excluding hydrogens is 389 g/mol. The van der Waals surface area contributed by atoms with Crippen molar-refractivity contribution < 1.29 is 23.5 Å². The number of aromatic nitrogens is 1. The maximum absolute atomic E-state index is 13.9. The summed E-state index contributed by atoms with van der Waals surface area (Å²) in [6.45, 7) is 4.70. The summed E-state index contributed by atoms with van der Waals surface area (Å²) in [5.74, 6) is -1.75. The van der Waals surface area contributed by atoms with E-state index < -0.39 is 17.7 Å². The van der Waals surface area contributed by atoms with Gasteiger partial charge in [0.05, 0.1) is 36.2 Å². The topological polar surface area (TPSA) is 91.5 Å². The second-order valence-corrected chi connectivity index (χ2v) is 7.46. The van der Waals surface area contributed by atoms with Gasteiger partial charge in [-0.25, -0.2) is 9.18 Å². The zero-order valence-corrected chi connectivity index (χ0v) is 17.4. The molecule has 1 fully saturated rings. The molecule has 3 rings (SSSR count). The van der Waals surface area contributed by atoms with Gasteiger partial charge in [-0.2, -0.15) is 0 Å². The van der Waals surface area contributed by atoms with Gasteiger partial charge >= 0.3 is 5.97 Å². The lowest BCUT2D eigenvalue weighted by molar-refractivity contribution is -0.115. The SMILES string of the molecule is COC(=O)c1c(CC(=O)Nc2cc(F)ccc2N2CCCCC2)[nH]c(C(C)=O)c1C. The summed E-state index contributed by atoms with van der Waals surface area (Å²) in [5, 5.41) is 2.76. The first kappa shape index (κ1) is 21.5. The highest BCUT2D eigenvalue weighted by molar-refractivity contribution is 6.02. The smallest absolute Gasteiger partial charge is 0.339 e. The highest BCUT2D eigenvalue weighted by Crippen LogP contribution is 2.30. The fourth-order valence-electron chi connectivity index (χ4n) is 3.90. The van der Waals surface area contributed by atoms with E-state index in [4.69, 9.17) is 4.74 Å². The first-order valence-corrected chi connectivity index (χ1v) is 9.96. The number of nitrogens with one attached hydrogen (secondary N) is 2. The number of piperidine rings is 1. The number of amides is 1. The van der Waals surface area contributed by atoms with Crippen LogP contribution in [-0.4, -0.2) is 42.8 Å². The lowest BCUT2D eigenvalue weighted by Crippen LogP contribution is -2.30. The Bertz CT molecular complexity index is 977. The van der Waals surface area contributed by atoms with Gasteiger partial charge in [0, 0.05) is 25.7 Å². The number of H-pyrrole nitrogens is 1. The quantitative estimate of drug-likeness (QED) is 0.555. The van der Waals surface area contributed by atoms with E-state index in [1.807, 2.05) is 0 Å². The van der Waals surface area contributed by atoms with Crippen LogP contribution in [0, 0.1) is 12.7 Å². The van der Waals surface area contributed by atoms with Crippen LogP contribution in [0.3, 0.4) is 0 Å². The Morgan fingerprint density at radius 3 is 2.53 bits per heavy atom. The van der Waals surface area contributed by atoms with E-state index in [-0.39, 0.29) is 29.2 Å². The maximum Gasteiger partial charge on any atom is 0.339 e. The van der Waals surface area contributed by atoms with Crippen LogP contribution in [0.25, 0.3) is 0 Å². The monoisotopic (exact) mass is 415 g/mol. The number of ether oxygens (including phenoxy) is 1. The number of nitrogens with zero attached hydrogens (tertiary/aromatic N) is 1. The van der Waals surface area contributed by atoms with Gasteiger partial charge in [0.15, 0.2) is 5.78 Å². The Balaban J connectivity index is 1.86. The van der Waals surface area contributed by atoms with Gasteiger partial charge in [0.1, 0.15) is 5.82 Å². The molecule has 2 heterocycles. The Morgan fingerprint density at radius 1 is 1.20 bits per heavy atom. The van der Waals surface area contributed by atoms with E-state index in [2.05, 4.69) is 15.2 Å². The normalized spacial score (nSPS) is 13.8. The molecule has 0 spiro atoms. The van der Waals surface area contributed by atoms with Crippen molar-refractivity contribution >= 4 is 29.0 Å². The molecule has 1 saturated heterocycles. The summed E-state index contributed by atoms with van der Waals surface area (Å²) in [7, 11) is 1.24. The molecule has 0 unspecified atom stereocenters. The number of aromatic amines is 1. The number of carbonyl (C=O) groups is 3. The average Bonchev–Trinajstić information content (AvgIpc) is 3.04. The van der Waals surface area contributed by atoms with Crippen LogP contribution < -0.4 is 10.2 Å². The van der Waals surface area contributed by atoms with Gasteiger partial charge in [-0.1, -0.05) is 0 Å². The lowest BCUT2D eigenvalue weighted by atomic mass is 10.1. The fraction of sp³-hybridized carbons (Fsp3) is 0.409. The number of anilines is 2. The van der Waals surface area contributed by atoms with Crippen LogP contribution in [0.2, 0.25) is 0 Å². The highest BCUT2D eigenvalue weighted by atomic mass is 19.1. The molecule has 1 aliphatic rings. The molecule has 0 bridgehead atoms. The number of methoxy groups -OCH3 is 1. The van der Waals surface area contributed by atoms with Gasteiger partial charge < -0.3 is 19.9 Å². The third-order valence-corrected chi connectivity index (χ3v) is 5.34. The van der Waals surface area contributed by atoms with Gasteiger partial charge in [0.2, 0.25) is 5.91 Å². The predicted molar refractivity (Wildman–Crippen MR) is 112 cm³/mol. The van der Waals surface area contributed by atoms with Crippen molar-refractivity contribution in [3.8, 4) is 0 Å². The third-order valence-electron chi connectivity index (χ3n) is 5.34. The van der Waals surface area contributed by atoms with Crippen LogP contribution in [0.15, 0.2) is 18.2 Å². The summed E-state index contributed by atoms with van der Waals surface area (Å²) in [4.78, 5) is 41.8. The molecule has 2 N–H and O–H groups in total. The maximum atomic E-state index is 13.9. The molecule has 1 amide bonds. The largest absolute Gasteiger partial charge is 0.465 e. The van der Waals surface area contributed by atoms with Crippen LogP contribution in [-0.2, 0) is 16.0 Å². The number of halogens is 1. The number of carbonyl (C=O) groups excluding carboxylic acids is 3. The molecule has 2 aromatic rings. The van der Waals surface area contributed by atoms with Crippen LogP contribution in [0.5, 0.6) is 0 Å². The fourth-order valence-corrected chi connectivity index (χ4v) is 3.90. The standard InChI is InChI=1S/C22H26FN3O4/c1-13-20(22(29)30-3)17(25-21(13)14(2)27)12-19(28)24-16-11-15(23)7-8-18(16)26-9-5-4-6-10-26/h7-8,11,25H,4-6,9-10,12H2,1-3H3,(H,24,28). The minimum atomic E-state index is -0.626. The summed E-state index contributed by atoms with van der Waals surface area (Å²) in [6, 6.07) is 4.34. The molecule has 0 saturated carbocycles. The van der Waals surface area contributed by atoms with Crippen molar-refractivity contribution in [1.82, 2.24) is 4.98 Å². The Hall–Kier alpha value is -3.16. The zero-order valence-electron chi connectivity index (χ0n) is 17.4. The minimum Gasteiger partial charge on any atom is -0.465 e. The first-order chi connectivity index (χ1) is 14.3. The van der Waals surface area contributed by atoms with E-state index in [9.17, 15) is 18.8 Å². The molecule has 160 valence electrons.